The first-order chi connectivity index (χ1) is 13.5. The van der Waals surface area contributed by atoms with Crippen molar-refractivity contribution >= 4 is 44.2 Å². The number of halogens is 1. The SMILES string of the molecule is O=C(c1oc2ccccc2c1NS(=O)(=O)c1cccnc1Cl)N1CCOCC1. The van der Waals surface area contributed by atoms with E-state index >= 15 is 0 Å². The predicted molar refractivity (Wildman–Crippen MR) is 103 cm³/mol. The number of amides is 1. The maximum absolute atomic E-state index is 13.0. The van der Waals surface area contributed by atoms with Gasteiger partial charge in [0.2, 0.25) is 5.76 Å². The molecule has 0 unspecified atom stereocenters. The van der Waals surface area contributed by atoms with Crippen LogP contribution in [0.1, 0.15) is 10.6 Å². The molecule has 1 fully saturated rings. The number of benzene rings is 1. The van der Waals surface area contributed by atoms with Gasteiger partial charge in [0.1, 0.15) is 21.3 Å². The van der Waals surface area contributed by atoms with Crippen LogP contribution in [0.3, 0.4) is 0 Å². The quantitative estimate of drug-likeness (QED) is 0.650. The van der Waals surface area contributed by atoms with Crippen molar-refractivity contribution in [3.05, 3.63) is 53.5 Å². The summed E-state index contributed by atoms with van der Waals surface area (Å²) in [5.41, 5.74) is 0.473. The normalized spacial score (nSPS) is 15.0. The van der Waals surface area contributed by atoms with E-state index in [1.165, 1.54) is 18.3 Å². The van der Waals surface area contributed by atoms with Crippen LogP contribution in [0.25, 0.3) is 11.0 Å². The Bertz CT molecular complexity index is 1140. The molecule has 4 rings (SSSR count). The lowest BCUT2D eigenvalue weighted by Gasteiger charge is -2.26. The molecular formula is C18H16ClN3O5S. The molecule has 10 heteroatoms. The summed E-state index contributed by atoms with van der Waals surface area (Å²) in [6.07, 6.45) is 1.39. The first-order valence-corrected chi connectivity index (χ1v) is 10.4. The number of nitrogens with one attached hydrogen (secondary N) is 1. The van der Waals surface area contributed by atoms with Crippen molar-refractivity contribution in [1.82, 2.24) is 9.88 Å². The third-order valence-corrected chi connectivity index (χ3v) is 6.13. The zero-order valence-electron chi connectivity index (χ0n) is 14.6. The zero-order valence-corrected chi connectivity index (χ0v) is 16.2. The number of carbonyl (C=O) groups is 1. The number of rotatable bonds is 4. The highest BCUT2D eigenvalue weighted by Crippen LogP contribution is 2.34. The molecule has 0 aliphatic carbocycles. The smallest absolute Gasteiger partial charge is 0.291 e. The van der Waals surface area contributed by atoms with Gasteiger partial charge in [-0.15, -0.1) is 0 Å². The fraction of sp³-hybridized carbons (Fsp3) is 0.222. The van der Waals surface area contributed by atoms with E-state index in [-0.39, 0.29) is 21.5 Å². The molecule has 2 aromatic heterocycles. The lowest BCUT2D eigenvalue weighted by Crippen LogP contribution is -2.40. The van der Waals surface area contributed by atoms with Gasteiger partial charge in [0.15, 0.2) is 0 Å². The third-order valence-electron chi connectivity index (χ3n) is 4.34. The van der Waals surface area contributed by atoms with Crippen molar-refractivity contribution in [2.75, 3.05) is 31.0 Å². The van der Waals surface area contributed by atoms with Crippen LogP contribution in [0, 0.1) is 0 Å². The van der Waals surface area contributed by atoms with Gasteiger partial charge in [-0.3, -0.25) is 9.52 Å². The lowest BCUT2D eigenvalue weighted by atomic mass is 10.2. The molecule has 146 valence electrons. The second kappa shape index (κ2) is 7.42. The maximum atomic E-state index is 13.0. The Morgan fingerprint density at radius 2 is 1.89 bits per heavy atom. The van der Waals surface area contributed by atoms with Gasteiger partial charge in [-0.25, -0.2) is 13.4 Å². The Kier molecular flexibility index (Phi) is 4.96. The average Bonchev–Trinajstić information content (AvgIpc) is 3.06. The van der Waals surface area contributed by atoms with Gasteiger partial charge in [0.05, 0.1) is 13.2 Å². The highest BCUT2D eigenvalue weighted by molar-refractivity contribution is 7.92. The van der Waals surface area contributed by atoms with Crippen molar-refractivity contribution in [2.24, 2.45) is 0 Å². The Morgan fingerprint density at radius 1 is 1.14 bits per heavy atom. The van der Waals surface area contributed by atoms with Crippen LogP contribution in [0.2, 0.25) is 5.15 Å². The van der Waals surface area contributed by atoms with Crippen LogP contribution < -0.4 is 4.72 Å². The number of ether oxygens (including phenoxy) is 1. The first kappa shape index (κ1) is 18.7. The van der Waals surface area contributed by atoms with Crippen molar-refractivity contribution < 1.29 is 22.4 Å². The summed E-state index contributed by atoms with van der Waals surface area (Å²) in [5, 5.41) is 0.312. The number of morpholine rings is 1. The topological polar surface area (TPSA) is 102 Å². The van der Waals surface area contributed by atoms with E-state index in [0.717, 1.165) is 0 Å². The molecule has 0 bridgehead atoms. The minimum atomic E-state index is -4.09. The second-order valence-electron chi connectivity index (χ2n) is 6.10. The second-order valence-corrected chi connectivity index (χ2v) is 8.11. The molecule has 1 N–H and O–H groups in total. The molecular weight excluding hydrogens is 406 g/mol. The Morgan fingerprint density at radius 3 is 2.64 bits per heavy atom. The molecule has 1 aliphatic heterocycles. The van der Waals surface area contributed by atoms with Gasteiger partial charge >= 0.3 is 0 Å². The summed E-state index contributed by atoms with van der Waals surface area (Å²) in [7, 11) is -4.09. The summed E-state index contributed by atoms with van der Waals surface area (Å²) in [6.45, 7) is 1.63. The summed E-state index contributed by atoms with van der Waals surface area (Å²) < 4.78 is 39.2. The summed E-state index contributed by atoms with van der Waals surface area (Å²) in [4.78, 5) is 18.2. The van der Waals surface area contributed by atoms with Crippen molar-refractivity contribution in [2.45, 2.75) is 4.90 Å². The molecule has 0 radical (unpaired) electrons. The molecule has 3 heterocycles. The molecule has 0 spiro atoms. The van der Waals surface area contributed by atoms with Crippen LogP contribution in [-0.4, -0.2) is 50.5 Å². The van der Waals surface area contributed by atoms with Crippen molar-refractivity contribution in [3.63, 3.8) is 0 Å². The van der Waals surface area contributed by atoms with E-state index in [1.807, 2.05) is 0 Å². The Hall–Kier alpha value is -2.62. The van der Waals surface area contributed by atoms with Gasteiger partial charge in [-0.05, 0) is 24.3 Å². The third kappa shape index (κ3) is 3.44. The van der Waals surface area contributed by atoms with E-state index in [0.29, 0.717) is 37.3 Å². The fourth-order valence-corrected chi connectivity index (χ4v) is 4.51. The summed E-state index contributed by atoms with van der Waals surface area (Å²) in [5.74, 6) is -0.485. The minimum Gasteiger partial charge on any atom is -0.449 e. The number of para-hydroxylation sites is 1. The largest absolute Gasteiger partial charge is 0.449 e. The number of hydrogen-bond donors (Lipinski definition) is 1. The Balaban J connectivity index is 1.79. The van der Waals surface area contributed by atoms with Crippen LogP contribution in [0.15, 0.2) is 51.9 Å². The fourth-order valence-electron chi connectivity index (χ4n) is 2.97. The molecule has 0 saturated carbocycles. The number of sulfonamides is 1. The monoisotopic (exact) mass is 421 g/mol. The number of nitrogens with zero attached hydrogens (tertiary/aromatic N) is 2. The van der Waals surface area contributed by atoms with E-state index in [4.69, 9.17) is 20.8 Å². The molecule has 28 heavy (non-hydrogen) atoms. The molecule has 1 amide bonds. The van der Waals surface area contributed by atoms with Gasteiger partial charge in [0, 0.05) is 24.7 Å². The molecule has 3 aromatic rings. The van der Waals surface area contributed by atoms with E-state index in [2.05, 4.69) is 9.71 Å². The zero-order chi connectivity index (χ0) is 19.7. The van der Waals surface area contributed by atoms with Gasteiger partial charge < -0.3 is 14.1 Å². The average molecular weight is 422 g/mol. The number of aromatic nitrogens is 1. The summed E-state index contributed by atoms with van der Waals surface area (Å²) >= 11 is 5.95. The van der Waals surface area contributed by atoms with Gasteiger partial charge in [0.25, 0.3) is 15.9 Å². The van der Waals surface area contributed by atoms with Crippen molar-refractivity contribution in [1.29, 1.82) is 0 Å². The van der Waals surface area contributed by atoms with Gasteiger partial charge in [-0.1, -0.05) is 23.7 Å². The van der Waals surface area contributed by atoms with E-state index < -0.39 is 15.9 Å². The predicted octanol–water partition coefficient (Wildman–Crippen LogP) is 2.75. The van der Waals surface area contributed by atoms with E-state index in [1.54, 1.807) is 29.2 Å². The molecule has 0 atom stereocenters. The number of pyridine rings is 1. The summed E-state index contributed by atoms with van der Waals surface area (Å²) in [6, 6.07) is 9.62. The number of fused-ring (bicyclic) bond motifs is 1. The van der Waals surface area contributed by atoms with Crippen molar-refractivity contribution in [3.8, 4) is 0 Å². The van der Waals surface area contributed by atoms with Crippen LogP contribution in [0.5, 0.6) is 0 Å². The maximum Gasteiger partial charge on any atom is 0.291 e. The minimum absolute atomic E-state index is 0.0759. The molecule has 1 aliphatic rings. The molecule has 1 aromatic carbocycles. The number of furan rings is 1. The molecule has 1 saturated heterocycles. The van der Waals surface area contributed by atoms with Crippen LogP contribution >= 0.6 is 11.6 Å². The van der Waals surface area contributed by atoms with Gasteiger partial charge in [-0.2, -0.15) is 0 Å². The van der Waals surface area contributed by atoms with Crippen LogP contribution in [0.4, 0.5) is 5.69 Å². The number of anilines is 1. The molecule has 8 nitrogen and oxygen atoms in total. The lowest BCUT2D eigenvalue weighted by molar-refractivity contribution is 0.0285. The van der Waals surface area contributed by atoms with Crippen LogP contribution in [-0.2, 0) is 14.8 Å². The highest BCUT2D eigenvalue weighted by Gasteiger charge is 2.30. The number of hydrogen-bond acceptors (Lipinski definition) is 6. The van der Waals surface area contributed by atoms with E-state index in [9.17, 15) is 13.2 Å². The number of carbonyl (C=O) groups excluding carboxylic acids is 1. The standard InChI is InChI=1S/C18H16ClN3O5S/c19-17-14(6-3-7-20-17)28(24,25)21-15-12-4-1-2-5-13(12)27-16(15)18(23)22-8-10-26-11-9-22/h1-7,21H,8-11H2. The Labute approximate surface area is 166 Å². The first-order valence-electron chi connectivity index (χ1n) is 8.49. The highest BCUT2D eigenvalue weighted by atomic mass is 35.5.